The van der Waals surface area contributed by atoms with Crippen molar-refractivity contribution in [2.75, 3.05) is 32.2 Å². The maximum Gasteiger partial charge on any atom is 0.295 e. The highest BCUT2D eigenvalue weighted by Gasteiger charge is 2.35. The number of methoxy groups -OCH3 is 1. The van der Waals surface area contributed by atoms with Gasteiger partial charge in [0.2, 0.25) is 0 Å². The normalized spacial score (nSPS) is 22.4. The van der Waals surface area contributed by atoms with Crippen molar-refractivity contribution in [1.82, 2.24) is 0 Å². The van der Waals surface area contributed by atoms with Gasteiger partial charge in [-0.05, 0) is 13.0 Å². The average Bonchev–Trinajstić information content (AvgIpc) is 2.85. The van der Waals surface area contributed by atoms with E-state index in [1.165, 1.54) is 0 Å². The van der Waals surface area contributed by atoms with Gasteiger partial charge in [-0.2, -0.15) is 0 Å². The molecule has 6 heteroatoms. The molecular formula is C13H18N2O4. The van der Waals surface area contributed by atoms with E-state index in [-0.39, 0.29) is 10.6 Å². The van der Waals surface area contributed by atoms with Gasteiger partial charge in [-0.1, -0.05) is 12.1 Å². The minimum absolute atomic E-state index is 0.118. The molecule has 1 aromatic rings. The number of aryl methyl sites for hydroxylation is 1. The van der Waals surface area contributed by atoms with E-state index < -0.39 is 5.60 Å². The first-order valence-corrected chi connectivity index (χ1v) is 6.19. The standard InChI is InChI=1S/C13H18N2O4/c1-10-4-3-5-11(12(10)15(16)17)14-8-13(18-2)6-7-19-9-13/h3-5,14H,6-9H2,1-2H3. The highest BCUT2D eigenvalue weighted by Crippen LogP contribution is 2.30. The van der Waals surface area contributed by atoms with Crippen molar-refractivity contribution >= 4 is 11.4 Å². The summed E-state index contributed by atoms with van der Waals surface area (Å²) in [6.45, 7) is 3.39. The maximum absolute atomic E-state index is 11.1. The summed E-state index contributed by atoms with van der Waals surface area (Å²) in [4.78, 5) is 10.7. The van der Waals surface area contributed by atoms with Gasteiger partial charge >= 0.3 is 0 Å². The van der Waals surface area contributed by atoms with Gasteiger partial charge in [0.25, 0.3) is 5.69 Å². The van der Waals surface area contributed by atoms with Crippen molar-refractivity contribution < 1.29 is 14.4 Å². The van der Waals surface area contributed by atoms with Gasteiger partial charge in [-0.3, -0.25) is 10.1 Å². The van der Waals surface area contributed by atoms with Crippen LogP contribution in [0.4, 0.5) is 11.4 Å². The Kier molecular flexibility index (Phi) is 4.01. The SMILES string of the molecule is COC1(CNc2cccc(C)c2[N+](=O)[O-])CCOC1. The molecule has 2 rings (SSSR count). The van der Waals surface area contributed by atoms with Crippen LogP contribution in [0.1, 0.15) is 12.0 Å². The lowest BCUT2D eigenvalue weighted by Gasteiger charge is -2.26. The molecule has 0 aliphatic carbocycles. The first-order valence-electron chi connectivity index (χ1n) is 6.19. The molecule has 0 radical (unpaired) electrons. The number of nitro groups is 1. The number of hydrogen-bond donors (Lipinski definition) is 1. The van der Waals surface area contributed by atoms with Crippen molar-refractivity contribution in [3.05, 3.63) is 33.9 Å². The first-order chi connectivity index (χ1) is 9.08. The third-order valence-electron chi connectivity index (χ3n) is 3.52. The zero-order chi connectivity index (χ0) is 13.9. The highest BCUT2D eigenvalue weighted by atomic mass is 16.6. The van der Waals surface area contributed by atoms with E-state index in [2.05, 4.69) is 5.32 Å². The van der Waals surface area contributed by atoms with Gasteiger partial charge in [0.1, 0.15) is 11.3 Å². The van der Waals surface area contributed by atoms with Crippen LogP contribution in [-0.4, -0.2) is 37.4 Å². The fourth-order valence-corrected chi connectivity index (χ4v) is 2.26. The number of ether oxygens (including phenoxy) is 2. The van der Waals surface area contributed by atoms with E-state index in [1.807, 2.05) is 0 Å². The average molecular weight is 266 g/mol. The van der Waals surface area contributed by atoms with Crippen LogP contribution < -0.4 is 5.32 Å². The van der Waals surface area contributed by atoms with E-state index in [1.54, 1.807) is 32.2 Å². The Morgan fingerprint density at radius 3 is 2.95 bits per heavy atom. The van der Waals surface area contributed by atoms with Crippen molar-refractivity contribution in [1.29, 1.82) is 0 Å². The molecule has 0 spiro atoms. The van der Waals surface area contributed by atoms with E-state index >= 15 is 0 Å². The van der Waals surface area contributed by atoms with E-state index in [0.717, 1.165) is 6.42 Å². The molecule has 1 saturated heterocycles. The Morgan fingerprint density at radius 1 is 1.58 bits per heavy atom. The Morgan fingerprint density at radius 2 is 2.37 bits per heavy atom. The molecule has 1 fully saturated rings. The summed E-state index contributed by atoms with van der Waals surface area (Å²) in [6, 6.07) is 5.24. The first kappa shape index (κ1) is 13.8. The number of benzene rings is 1. The summed E-state index contributed by atoms with van der Waals surface area (Å²) < 4.78 is 10.8. The minimum Gasteiger partial charge on any atom is -0.378 e. The van der Waals surface area contributed by atoms with Crippen LogP contribution in [0.5, 0.6) is 0 Å². The van der Waals surface area contributed by atoms with Crippen LogP contribution >= 0.6 is 0 Å². The molecule has 0 aromatic heterocycles. The second-order valence-corrected chi connectivity index (χ2v) is 4.77. The summed E-state index contributed by atoms with van der Waals surface area (Å²) in [5.41, 5.74) is 0.891. The topological polar surface area (TPSA) is 73.6 Å². The molecule has 1 unspecified atom stereocenters. The highest BCUT2D eigenvalue weighted by molar-refractivity contribution is 5.65. The molecule has 1 aromatic carbocycles. The van der Waals surface area contributed by atoms with Crippen molar-refractivity contribution in [3.63, 3.8) is 0 Å². The molecule has 1 heterocycles. The number of para-hydroxylation sites is 1. The number of hydrogen-bond acceptors (Lipinski definition) is 5. The zero-order valence-electron chi connectivity index (χ0n) is 11.1. The summed E-state index contributed by atoms with van der Waals surface area (Å²) in [7, 11) is 1.64. The summed E-state index contributed by atoms with van der Waals surface area (Å²) >= 11 is 0. The number of anilines is 1. The van der Waals surface area contributed by atoms with Crippen LogP contribution in [0.3, 0.4) is 0 Å². The molecule has 1 N–H and O–H groups in total. The van der Waals surface area contributed by atoms with Gasteiger partial charge in [0.05, 0.1) is 11.5 Å². The third kappa shape index (κ3) is 2.85. The molecule has 0 bridgehead atoms. The lowest BCUT2D eigenvalue weighted by atomic mass is 10.0. The Balaban J connectivity index is 2.15. The molecule has 1 aliphatic rings. The molecule has 1 aliphatic heterocycles. The third-order valence-corrected chi connectivity index (χ3v) is 3.52. The Bertz CT molecular complexity index is 470. The fourth-order valence-electron chi connectivity index (χ4n) is 2.26. The van der Waals surface area contributed by atoms with Gasteiger partial charge in [0, 0.05) is 32.2 Å². The number of nitrogens with one attached hydrogen (secondary N) is 1. The second-order valence-electron chi connectivity index (χ2n) is 4.77. The second kappa shape index (κ2) is 5.54. The van der Waals surface area contributed by atoms with E-state index in [9.17, 15) is 10.1 Å². The van der Waals surface area contributed by atoms with Crippen molar-refractivity contribution in [2.24, 2.45) is 0 Å². The van der Waals surface area contributed by atoms with Gasteiger partial charge in [-0.15, -0.1) is 0 Å². The van der Waals surface area contributed by atoms with E-state index in [4.69, 9.17) is 9.47 Å². The van der Waals surface area contributed by atoms with Crippen LogP contribution in [0.25, 0.3) is 0 Å². The van der Waals surface area contributed by atoms with Gasteiger partial charge in [-0.25, -0.2) is 0 Å². The molecule has 0 saturated carbocycles. The Hall–Kier alpha value is -1.66. The van der Waals surface area contributed by atoms with Crippen LogP contribution in [-0.2, 0) is 9.47 Å². The predicted molar refractivity (Wildman–Crippen MR) is 71.5 cm³/mol. The number of nitro benzene ring substituents is 1. The predicted octanol–water partition coefficient (Wildman–Crippen LogP) is 2.12. The summed E-state index contributed by atoms with van der Waals surface area (Å²) in [5.74, 6) is 0. The molecule has 6 nitrogen and oxygen atoms in total. The van der Waals surface area contributed by atoms with Gasteiger partial charge < -0.3 is 14.8 Å². The van der Waals surface area contributed by atoms with Crippen molar-refractivity contribution in [3.8, 4) is 0 Å². The Labute approximate surface area is 111 Å². The summed E-state index contributed by atoms with van der Waals surface area (Å²) in [6.07, 6.45) is 0.788. The summed E-state index contributed by atoms with van der Waals surface area (Å²) in [5, 5.41) is 14.2. The van der Waals surface area contributed by atoms with Crippen molar-refractivity contribution in [2.45, 2.75) is 18.9 Å². The largest absolute Gasteiger partial charge is 0.378 e. The number of rotatable bonds is 5. The lowest BCUT2D eigenvalue weighted by Crippen LogP contribution is -2.39. The molecule has 1 atom stereocenters. The molecular weight excluding hydrogens is 248 g/mol. The smallest absolute Gasteiger partial charge is 0.295 e. The molecule has 104 valence electrons. The van der Waals surface area contributed by atoms with E-state index in [0.29, 0.717) is 31.0 Å². The van der Waals surface area contributed by atoms with Gasteiger partial charge in [0.15, 0.2) is 0 Å². The molecule has 19 heavy (non-hydrogen) atoms. The monoisotopic (exact) mass is 266 g/mol. The quantitative estimate of drug-likeness (QED) is 0.652. The number of nitrogens with zero attached hydrogens (tertiary/aromatic N) is 1. The van der Waals surface area contributed by atoms with Crippen LogP contribution in [0.2, 0.25) is 0 Å². The maximum atomic E-state index is 11.1. The lowest BCUT2D eigenvalue weighted by molar-refractivity contribution is -0.384. The fraction of sp³-hybridized carbons (Fsp3) is 0.538. The zero-order valence-corrected chi connectivity index (χ0v) is 11.1. The van der Waals surface area contributed by atoms with Crippen LogP contribution in [0.15, 0.2) is 18.2 Å². The molecule has 0 amide bonds. The van der Waals surface area contributed by atoms with Crippen LogP contribution in [0, 0.1) is 17.0 Å². The minimum atomic E-state index is -0.391.